The van der Waals surface area contributed by atoms with Crippen molar-refractivity contribution in [2.24, 2.45) is 0 Å². The number of methoxy groups -OCH3 is 1. The molecule has 0 atom stereocenters. The summed E-state index contributed by atoms with van der Waals surface area (Å²) in [6.45, 7) is 0.486. The highest BCUT2D eigenvalue weighted by Crippen LogP contribution is 2.28. The molecule has 19 heavy (non-hydrogen) atoms. The van der Waals surface area contributed by atoms with Crippen molar-refractivity contribution in [1.29, 1.82) is 0 Å². The lowest BCUT2D eigenvalue weighted by atomic mass is 10.2. The van der Waals surface area contributed by atoms with Crippen molar-refractivity contribution in [3.8, 4) is 11.5 Å². The van der Waals surface area contributed by atoms with E-state index in [2.05, 4.69) is 22.6 Å². The van der Waals surface area contributed by atoms with E-state index >= 15 is 0 Å². The van der Waals surface area contributed by atoms with E-state index in [1.165, 1.54) is 3.57 Å². The normalized spacial score (nSPS) is 10.3. The molecule has 0 amide bonds. The highest BCUT2D eigenvalue weighted by atomic mass is 127. The van der Waals surface area contributed by atoms with Gasteiger partial charge < -0.3 is 14.6 Å². The zero-order valence-electron chi connectivity index (χ0n) is 10.6. The van der Waals surface area contributed by atoms with E-state index in [4.69, 9.17) is 14.6 Å². The summed E-state index contributed by atoms with van der Waals surface area (Å²) in [6, 6.07) is 13.6. The second-order valence-corrected chi connectivity index (χ2v) is 5.30. The molecule has 2 aromatic rings. The maximum absolute atomic E-state index is 9.09. The standard InChI is InChI=1S/C15H15IO3/c1-18-15-8-12(9-17)4-7-14(15)19-10-11-2-5-13(16)6-3-11/h2-8,17H,9-10H2,1H3. The lowest BCUT2D eigenvalue weighted by Crippen LogP contribution is -1.98. The number of aliphatic hydroxyl groups excluding tert-OH is 1. The number of benzene rings is 2. The van der Waals surface area contributed by atoms with Crippen LogP contribution in [-0.2, 0) is 13.2 Å². The van der Waals surface area contributed by atoms with Gasteiger partial charge in [0.05, 0.1) is 13.7 Å². The molecule has 0 saturated carbocycles. The van der Waals surface area contributed by atoms with Crippen LogP contribution in [0.4, 0.5) is 0 Å². The first-order valence-electron chi connectivity index (χ1n) is 5.88. The van der Waals surface area contributed by atoms with E-state index in [0.717, 1.165) is 11.1 Å². The molecular formula is C15H15IO3. The molecule has 100 valence electrons. The molecule has 0 heterocycles. The molecular weight excluding hydrogens is 355 g/mol. The molecule has 4 heteroatoms. The maximum Gasteiger partial charge on any atom is 0.161 e. The second-order valence-electron chi connectivity index (χ2n) is 4.06. The van der Waals surface area contributed by atoms with Crippen molar-refractivity contribution < 1.29 is 14.6 Å². The van der Waals surface area contributed by atoms with Gasteiger partial charge in [-0.15, -0.1) is 0 Å². The van der Waals surface area contributed by atoms with Gasteiger partial charge in [-0.3, -0.25) is 0 Å². The Morgan fingerprint density at radius 2 is 1.68 bits per heavy atom. The van der Waals surface area contributed by atoms with Crippen LogP contribution >= 0.6 is 22.6 Å². The van der Waals surface area contributed by atoms with Crippen LogP contribution in [0, 0.1) is 3.57 Å². The first-order valence-corrected chi connectivity index (χ1v) is 6.96. The summed E-state index contributed by atoms with van der Waals surface area (Å²) >= 11 is 2.27. The third-order valence-electron chi connectivity index (χ3n) is 2.72. The minimum absolute atomic E-state index is 0.00619. The van der Waals surface area contributed by atoms with Gasteiger partial charge in [0.2, 0.25) is 0 Å². The van der Waals surface area contributed by atoms with E-state index < -0.39 is 0 Å². The minimum atomic E-state index is -0.00619. The zero-order chi connectivity index (χ0) is 13.7. The topological polar surface area (TPSA) is 38.7 Å². The average Bonchev–Trinajstić information content (AvgIpc) is 2.46. The van der Waals surface area contributed by atoms with Crippen LogP contribution < -0.4 is 9.47 Å². The lowest BCUT2D eigenvalue weighted by molar-refractivity contribution is 0.274. The fraction of sp³-hybridized carbons (Fsp3) is 0.200. The summed E-state index contributed by atoms with van der Waals surface area (Å²) in [5.74, 6) is 1.32. The van der Waals surface area contributed by atoms with Crippen molar-refractivity contribution in [3.63, 3.8) is 0 Å². The Labute approximate surface area is 126 Å². The van der Waals surface area contributed by atoms with Crippen LogP contribution in [0.5, 0.6) is 11.5 Å². The summed E-state index contributed by atoms with van der Waals surface area (Å²) in [5.41, 5.74) is 1.91. The van der Waals surface area contributed by atoms with E-state index in [1.807, 2.05) is 36.4 Å². The van der Waals surface area contributed by atoms with Gasteiger partial charge in [-0.25, -0.2) is 0 Å². The Morgan fingerprint density at radius 3 is 2.32 bits per heavy atom. The van der Waals surface area contributed by atoms with Gasteiger partial charge in [0.25, 0.3) is 0 Å². The van der Waals surface area contributed by atoms with E-state index in [9.17, 15) is 0 Å². The van der Waals surface area contributed by atoms with Crippen molar-refractivity contribution in [2.75, 3.05) is 7.11 Å². The average molecular weight is 370 g/mol. The van der Waals surface area contributed by atoms with Crippen molar-refractivity contribution >= 4 is 22.6 Å². The number of halogens is 1. The zero-order valence-corrected chi connectivity index (χ0v) is 12.8. The minimum Gasteiger partial charge on any atom is -0.493 e. The predicted molar refractivity (Wildman–Crippen MR) is 82.4 cm³/mol. The molecule has 0 aliphatic carbocycles. The van der Waals surface area contributed by atoms with Crippen molar-refractivity contribution in [3.05, 3.63) is 57.2 Å². The summed E-state index contributed by atoms with van der Waals surface area (Å²) in [6.07, 6.45) is 0. The quantitative estimate of drug-likeness (QED) is 0.821. The van der Waals surface area contributed by atoms with Gasteiger partial charge >= 0.3 is 0 Å². The lowest BCUT2D eigenvalue weighted by Gasteiger charge is -2.11. The third kappa shape index (κ3) is 3.84. The Balaban J connectivity index is 2.08. The Bertz CT molecular complexity index is 538. The highest BCUT2D eigenvalue weighted by Gasteiger charge is 2.05. The van der Waals surface area contributed by atoms with Gasteiger partial charge in [-0.2, -0.15) is 0 Å². The molecule has 0 bridgehead atoms. The second kappa shape index (κ2) is 6.77. The van der Waals surface area contributed by atoms with Gasteiger partial charge in [0, 0.05) is 3.57 Å². The van der Waals surface area contributed by atoms with Crippen LogP contribution in [0.3, 0.4) is 0 Å². The van der Waals surface area contributed by atoms with E-state index in [0.29, 0.717) is 18.1 Å². The monoisotopic (exact) mass is 370 g/mol. The fourth-order valence-electron chi connectivity index (χ4n) is 1.67. The first kappa shape index (κ1) is 14.1. The van der Waals surface area contributed by atoms with Crippen molar-refractivity contribution in [2.45, 2.75) is 13.2 Å². The van der Waals surface area contributed by atoms with Crippen LogP contribution in [0.15, 0.2) is 42.5 Å². The van der Waals surface area contributed by atoms with Crippen molar-refractivity contribution in [1.82, 2.24) is 0 Å². The Kier molecular flexibility index (Phi) is 5.04. The molecule has 1 N–H and O–H groups in total. The molecule has 0 fully saturated rings. The molecule has 0 aliphatic rings. The molecule has 2 rings (SSSR count). The number of hydrogen-bond donors (Lipinski definition) is 1. The highest BCUT2D eigenvalue weighted by molar-refractivity contribution is 14.1. The van der Waals surface area contributed by atoms with Crippen LogP contribution in [0.25, 0.3) is 0 Å². The molecule has 0 saturated heterocycles. The third-order valence-corrected chi connectivity index (χ3v) is 3.44. The van der Waals surface area contributed by atoms with E-state index in [1.54, 1.807) is 13.2 Å². The largest absolute Gasteiger partial charge is 0.493 e. The molecule has 0 unspecified atom stereocenters. The SMILES string of the molecule is COc1cc(CO)ccc1OCc1ccc(I)cc1. The summed E-state index contributed by atoms with van der Waals surface area (Å²) < 4.78 is 12.2. The number of ether oxygens (including phenoxy) is 2. The van der Waals surface area contributed by atoms with Crippen LogP contribution in [-0.4, -0.2) is 12.2 Å². The van der Waals surface area contributed by atoms with Crippen LogP contribution in [0.1, 0.15) is 11.1 Å². The van der Waals surface area contributed by atoms with Crippen LogP contribution in [0.2, 0.25) is 0 Å². The summed E-state index contributed by atoms with van der Waals surface area (Å²) in [4.78, 5) is 0. The smallest absolute Gasteiger partial charge is 0.161 e. The number of rotatable bonds is 5. The summed E-state index contributed by atoms with van der Waals surface area (Å²) in [5, 5.41) is 9.09. The Hall–Kier alpha value is -1.27. The van der Waals surface area contributed by atoms with Gasteiger partial charge in [-0.05, 0) is 58.0 Å². The van der Waals surface area contributed by atoms with Gasteiger partial charge in [0.1, 0.15) is 6.61 Å². The maximum atomic E-state index is 9.09. The van der Waals surface area contributed by atoms with Gasteiger partial charge in [-0.1, -0.05) is 18.2 Å². The fourth-order valence-corrected chi connectivity index (χ4v) is 2.03. The molecule has 0 aliphatic heterocycles. The molecule has 3 nitrogen and oxygen atoms in total. The molecule has 0 spiro atoms. The first-order chi connectivity index (χ1) is 9.22. The summed E-state index contributed by atoms with van der Waals surface area (Å²) in [7, 11) is 1.59. The molecule has 0 radical (unpaired) electrons. The predicted octanol–water partition coefficient (Wildman–Crippen LogP) is 3.37. The van der Waals surface area contributed by atoms with Gasteiger partial charge in [0.15, 0.2) is 11.5 Å². The van der Waals surface area contributed by atoms with E-state index in [-0.39, 0.29) is 6.61 Å². The Morgan fingerprint density at radius 1 is 1.00 bits per heavy atom. The molecule has 0 aromatic heterocycles. The number of aliphatic hydroxyl groups is 1. The molecule has 2 aromatic carbocycles. The number of hydrogen-bond acceptors (Lipinski definition) is 3.